The zero-order valence-electron chi connectivity index (χ0n) is 63.2. The summed E-state index contributed by atoms with van der Waals surface area (Å²) in [5.74, 6) is -12.7. The molecule has 0 bridgehead atoms. The Balaban J connectivity index is 1.06. The number of carbonyl (C=O) groups excluding carboxylic acids is 9. The lowest BCUT2D eigenvalue weighted by atomic mass is 9.94. The van der Waals surface area contributed by atoms with Crippen LogP contribution in [0.25, 0.3) is 0 Å². The standard InChI is InChI=1S/C68H97N3O43S2/c1-7-43(76)95-17-18-96-44(77)12-14-46(79)100-27-42-39(112-113-67-53(86)51(84)56(59(108-67)62(90)91)106-64-34(69-29(3)73)22-37(110-94-6)40(25-72)102-64)24-36(71-31(5)75)66(104-42)107-57-52(85)54(87)68(109-60(57)63(92)93)114-111-38-23-35(70-30(4)74)65(105-55-50(83)49(82)28(2)101-58(55)61(88)89)103-41(38)26-99-47(80)15-13-45(78)97-19-20-98-48(81)16-21-116-33-10-8-32(115)9-11-33/h8-11,28,34-42,49-60,64-68,72,82-87,115H,7,12-27H2,1-6H3,(H,69,73)(H,70,74)(H,71,75)(H,88,89)(H,90,91)(H,92,93)/t28?,34-,35?,36-,37-,38?,39?,40-,41-,42?,49?,50?,51?,52?,53+,54?,55+,56+,57+,58?,59?,60?,64-,65-,66-,67?,68?/m0/s1. The summed E-state index contributed by atoms with van der Waals surface area (Å²) in [6.45, 7) is 1.97. The van der Waals surface area contributed by atoms with Crippen molar-refractivity contribution in [1.29, 1.82) is 0 Å². The van der Waals surface area contributed by atoms with Crippen LogP contribution in [0.3, 0.4) is 0 Å². The van der Waals surface area contributed by atoms with Gasteiger partial charge in [-0.2, -0.15) is 0 Å². The molecule has 0 aliphatic carbocycles. The molecule has 13 N–H and O–H groups in total. The molecule has 6 aliphatic heterocycles. The molecule has 6 aliphatic rings. The van der Waals surface area contributed by atoms with E-state index in [0.29, 0.717) is 5.75 Å². The molecule has 116 heavy (non-hydrogen) atoms. The van der Waals surface area contributed by atoms with E-state index >= 15 is 0 Å². The largest absolute Gasteiger partial charge is 0.479 e. The average Bonchev–Trinajstić information content (AvgIpc) is 0.787. The van der Waals surface area contributed by atoms with E-state index in [1.165, 1.54) is 25.6 Å². The Labute approximate surface area is 669 Å². The van der Waals surface area contributed by atoms with Gasteiger partial charge in [-0.1, -0.05) is 6.92 Å². The average molecular weight is 1710 g/mol. The van der Waals surface area contributed by atoms with Crippen LogP contribution in [0.1, 0.15) is 92.4 Å². The Morgan fingerprint density at radius 2 is 0.784 bits per heavy atom. The molecule has 27 atom stereocenters. The van der Waals surface area contributed by atoms with E-state index in [2.05, 4.69) is 28.6 Å². The SMILES string of the molecule is CCC(=O)OCCOC(=O)CCC(=O)OCC1O[C@@H](O[C@H]2C(C(=O)O)OC(OOC3CC(NC(C)=O)[C@H](O[C@H]4C(C(=O)O)OC(C)C(O)C4O)O[C@H]3COC(=O)CCC(=O)OCCOC(=O)CCSc3ccc(S)cc3)C(O)C2O)[C@@H](NC(C)=O)CC1OOC1OC(C(=O)O)[C@H](O[C@@H]2O[C@@H](CO)[C@@H](OOC)C[C@@H]2NC(C)=O)C(O)[C@H]1O. The number of aliphatic carboxylic acids is 3. The Morgan fingerprint density at radius 3 is 1.15 bits per heavy atom. The fourth-order valence-corrected chi connectivity index (χ4v) is 13.3. The lowest BCUT2D eigenvalue weighted by Crippen LogP contribution is -2.65. The molecule has 1 aromatic rings. The predicted molar refractivity (Wildman–Crippen MR) is 372 cm³/mol. The number of aliphatic hydroxyl groups excluding tert-OH is 7. The summed E-state index contributed by atoms with van der Waals surface area (Å²) in [4.78, 5) is 186. The van der Waals surface area contributed by atoms with Crippen LogP contribution in [0.15, 0.2) is 34.1 Å². The van der Waals surface area contributed by atoms with Gasteiger partial charge in [-0.05, 0) is 31.2 Å². The normalized spacial score (nSPS) is 33.2. The van der Waals surface area contributed by atoms with Gasteiger partial charge in [0.15, 0.2) is 37.2 Å². The van der Waals surface area contributed by atoms with Gasteiger partial charge in [0.1, 0.15) is 131 Å². The monoisotopic (exact) mass is 1710 g/mol. The van der Waals surface area contributed by atoms with Gasteiger partial charge >= 0.3 is 53.7 Å². The minimum absolute atomic E-state index is 0.0306. The summed E-state index contributed by atoms with van der Waals surface area (Å²) >= 11 is 5.64. The number of thioether (sulfide) groups is 1. The van der Waals surface area contributed by atoms with E-state index in [9.17, 15) is 109 Å². The lowest BCUT2D eigenvalue weighted by molar-refractivity contribution is -0.461. The fourth-order valence-electron chi connectivity index (χ4n) is 12.3. The van der Waals surface area contributed by atoms with Crippen molar-refractivity contribution >= 4 is 95.8 Å². The quantitative estimate of drug-likeness (QED) is 0.00554. The van der Waals surface area contributed by atoms with Gasteiger partial charge in [-0.3, -0.25) is 43.2 Å². The number of aliphatic hydroxyl groups is 7. The van der Waals surface area contributed by atoms with E-state index in [-0.39, 0.29) is 45.7 Å². The molecule has 48 heteroatoms. The van der Waals surface area contributed by atoms with Crippen molar-refractivity contribution in [2.24, 2.45) is 0 Å². The first-order valence-corrected chi connectivity index (χ1v) is 37.8. The second kappa shape index (κ2) is 46.9. The second-order valence-electron chi connectivity index (χ2n) is 26.8. The molecule has 6 heterocycles. The molecule has 3 amide bonds. The van der Waals surface area contributed by atoms with Crippen LogP contribution in [0, 0.1) is 0 Å². The van der Waals surface area contributed by atoms with Gasteiger partial charge in [-0.25, -0.2) is 43.7 Å². The number of thiol groups is 1. The Bertz CT molecular complexity index is 3420. The number of ether oxygens (including phenoxy) is 15. The number of carboxylic acid groups (broad SMARTS) is 3. The van der Waals surface area contributed by atoms with E-state index < -0.39 is 295 Å². The van der Waals surface area contributed by atoms with Gasteiger partial charge in [0.2, 0.25) is 30.3 Å². The third-order valence-corrected chi connectivity index (χ3v) is 19.4. The number of carbonyl (C=O) groups is 12. The summed E-state index contributed by atoms with van der Waals surface area (Å²) in [7, 11) is 1.16. The van der Waals surface area contributed by atoms with Gasteiger partial charge < -0.3 is 138 Å². The molecule has 46 nitrogen and oxygen atoms in total. The van der Waals surface area contributed by atoms with Crippen molar-refractivity contribution in [1.82, 2.24) is 16.0 Å². The summed E-state index contributed by atoms with van der Waals surface area (Å²) in [6, 6.07) is 2.99. The summed E-state index contributed by atoms with van der Waals surface area (Å²) in [6.07, 6.45) is -50.8. The van der Waals surface area contributed by atoms with Crippen LogP contribution in [-0.4, -0.2) is 347 Å². The number of amides is 3. The Morgan fingerprint density at radius 1 is 0.440 bits per heavy atom. The molecule has 654 valence electrons. The fraction of sp³-hybridized carbons (Fsp3) is 0.735. The number of hydrogen-bond acceptors (Lipinski definition) is 42. The van der Waals surface area contributed by atoms with Crippen molar-refractivity contribution in [3.8, 4) is 0 Å². The van der Waals surface area contributed by atoms with Crippen LogP contribution in [0.2, 0.25) is 0 Å². The molecular weight excluding hydrogens is 1610 g/mol. The van der Waals surface area contributed by atoms with Gasteiger partial charge in [0, 0.05) is 62.0 Å². The highest BCUT2D eigenvalue weighted by atomic mass is 32.2. The third kappa shape index (κ3) is 28.7. The van der Waals surface area contributed by atoms with Crippen LogP contribution in [0.5, 0.6) is 0 Å². The van der Waals surface area contributed by atoms with Gasteiger partial charge in [-0.15, -0.1) is 24.4 Å². The molecule has 0 aromatic heterocycles. The zero-order valence-corrected chi connectivity index (χ0v) is 64.9. The van der Waals surface area contributed by atoms with E-state index in [0.717, 1.165) is 37.7 Å². The minimum Gasteiger partial charge on any atom is -0.479 e. The number of carboxylic acids is 3. The lowest BCUT2D eigenvalue weighted by Gasteiger charge is -2.46. The Kier molecular flexibility index (Phi) is 38.7. The zero-order chi connectivity index (χ0) is 85.2. The highest BCUT2D eigenvalue weighted by molar-refractivity contribution is 7.99. The Hall–Kier alpha value is -7.32. The van der Waals surface area contributed by atoms with Crippen molar-refractivity contribution in [2.75, 3.05) is 59.1 Å². The van der Waals surface area contributed by atoms with Crippen LogP contribution in [-0.2, 0) is 158 Å². The molecule has 0 saturated carbocycles. The van der Waals surface area contributed by atoms with Gasteiger partial charge in [0.25, 0.3) is 0 Å². The first-order chi connectivity index (χ1) is 55.1. The number of benzene rings is 1. The molecular formula is C68H97N3O43S2. The van der Waals surface area contributed by atoms with Crippen LogP contribution < -0.4 is 16.0 Å². The first-order valence-electron chi connectivity index (χ1n) is 36.4. The number of nitrogens with one attached hydrogen (secondary N) is 3. The van der Waals surface area contributed by atoms with Gasteiger partial charge in [0.05, 0.1) is 70.1 Å². The van der Waals surface area contributed by atoms with Crippen molar-refractivity contribution in [2.45, 2.75) is 268 Å². The first kappa shape index (κ1) is 95.8. The molecule has 1 aromatic carbocycles. The van der Waals surface area contributed by atoms with E-state index in [1.54, 1.807) is 12.1 Å². The number of esters is 6. The summed E-state index contributed by atoms with van der Waals surface area (Å²) in [5.41, 5.74) is 0. The maximum atomic E-state index is 13.3. The van der Waals surface area contributed by atoms with Crippen LogP contribution >= 0.6 is 24.4 Å². The van der Waals surface area contributed by atoms with Crippen molar-refractivity contribution in [3.05, 3.63) is 24.3 Å². The predicted octanol–water partition coefficient (Wildman–Crippen LogP) is -5.07. The van der Waals surface area contributed by atoms with Crippen LogP contribution in [0.4, 0.5) is 0 Å². The number of rotatable bonds is 42. The van der Waals surface area contributed by atoms with Crippen molar-refractivity contribution in [3.63, 3.8) is 0 Å². The second-order valence-corrected chi connectivity index (χ2v) is 28.5. The van der Waals surface area contributed by atoms with E-state index in [1.807, 2.05) is 12.1 Å². The molecule has 6 saturated heterocycles. The molecule has 0 radical (unpaired) electrons. The summed E-state index contributed by atoms with van der Waals surface area (Å²) < 4.78 is 83.4. The van der Waals surface area contributed by atoms with E-state index in [4.69, 9.17) is 100 Å². The third-order valence-electron chi connectivity index (χ3n) is 18.1. The maximum absolute atomic E-state index is 13.3. The smallest absolute Gasteiger partial charge is 0.335 e. The maximum Gasteiger partial charge on any atom is 0.335 e. The molecule has 15 unspecified atom stereocenters. The highest BCUT2D eigenvalue weighted by Gasteiger charge is 2.57. The molecule has 0 spiro atoms. The van der Waals surface area contributed by atoms with Crippen molar-refractivity contribution < 1.29 is 209 Å². The molecule has 7 rings (SSSR count). The summed E-state index contributed by atoms with van der Waals surface area (Å²) in [5, 5.41) is 117. The number of hydrogen-bond donors (Lipinski definition) is 14. The molecule has 6 fully saturated rings. The topological polar surface area (TPSA) is 637 Å². The minimum atomic E-state index is -2.47. The highest BCUT2D eigenvalue weighted by Crippen LogP contribution is 2.37.